The highest BCUT2D eigenvalue weighted by Crippen LogP contribution is 2.11. The molecular formula is C8H15BrO2. The lowest BCUT2D eigenvalue weighted by molar-refractivity contribution is -0.143. The van der Waals surface area contributed by atoms with Gasteiger partial charge < -0.3 is 4.74 Å². The molecule has 3 heteroatoms. The molecule has 2 nitrogen and oxygen atoms in total. The topological polar surface area (TPSA) is 26.3 Å². The van der Waals surface area contributed by atoms with Gasteiger partial charge in [0.05, 0.1) is 6.61 Å². The van der Waals surface area contributed by atoms with E-state index < -0.39 is 0 Å². The summed E-state index contributed by atoms with van der Waals surface area (Å²) in [6, 6.07) is 0. The van der Waals surface area contributed by atoms with Gasteiger partial charge in [-0.25, -0.2) is 0 Å². The molecule has 0 saturated heterocycles. The van der Waals surface area contributed by atoms with Crippen LogP contribution in [0.4, 0.5) is 0 Å². The van der Waals surface area contributed by atoms with Crippen LogP contribution in [-0.2, 0) is 9.53 Å². The molecule has 66 valence electrons. The summed E-state index contributed by atoms with van der Waals surface area (Å²) in [6.45, 7) is 4.39. The SMILES string of the molecule is CCOC(=O)CCC(Br)CC. The first kappa shape index (κ1) is 11.0. The van der Waals surface area contributed by atoms with Gasteiger partial charge in [-0.3, -0.25) is 4.79 Å². The molecule has 0 fully saturated rings. The van der Waals surface area contributed by atoms with Crippen molar-refractivity contribution in [2.24, 2.45) is 0 Å². The van der Waals surface area contributed by atoms with E-state index in [9.17, 15) is 4.79 Å². The predicted octanol–water partition coefficient (Wildman–Crippen LogP) is 2.50. The normalized spacial score (nSPS) is 12.6. The van der Waals surface area contributed by atoms with Gasteiger partial charge in [-0.15, -0.1) is 0 Å². The zero-order valence-electron chi connectivity index (χ0n) is 7.10. The molecule has 0 aliphatic rings. The quantitative estimate of drug-likeness (QED) is 0.528. The molecule has 0 aliphatic heterocycles. The van der Waals surface area contributed by atoms with E-state index in [2.05, 4.69) is 22.9 Å². The fourth-order valence-corrected chi connectivity index (χ4v) is 0.941. The Morgan fingerprint density at radius 3 is 2.64 bits per heavy atom. The molecule has 0 N–H and O–H groups in total. The van der Waals surface area contributed by atoms with Gasteiger partial charge in [-0.2, -0.15) is 0 Å². The Bertz CT molecular complexity index is 115. The Morgan fingerprint density at radius 2 is 2.18 bits per heavy atom. The van der Waals surface area contributed by atoms with Crippen molar-refractivity contribution in [3.05, 3.63) is 0 Å². The first-order chi connectivity index (χ1) is 5.20. The minimum absolute atomic E-state index is 0.0922. The van der Waals surface area contributed by atoms with Crippen molar-refractivity contribution >= 4 is 21.9 Å². The van der Waals surface area contributed by atoms with Gasteiger partial charge in [0.15, 0.2) is 0 Å². The summed E-state index contributed by atoms with van der Waals surface area (Å²) in [5.74, 6) is -0.0922. The van der Waals surface area contributed by atoms with Crippen molar-refractivity contribution in [1.29, 1.82) is 0 Å². The van der Waals surface area contributed by atoms with Gasteiger partial charge in [0.2, 0.25) is 0 Å². The van der Waals surface area contributed by atoms with Gasteiger partial charge in [-0.1, -0.05) is 22.9 Å². The highest BCUT2D eigenvalue weighted by Gasteiger charge is 2.05. The molecule has 1 unspecified atom stereocenters. The molecule has 0 aromatic rings. The number of halogens is 1. The number of rotatable bonds is 5. The first-order valence-electron chi connectivity index (χ1n) is 4.00. The molecule has 0 heterocycles. The van der Waals surface area contributed by atoms with Gasteiger partial charge in [0.1, 0.15) is 0 Å². The Morgan fingerprint density at radius 1 is 1.55 bits per heavy atom. The molecular weight excluding hydrogens is 208 g/mol. The van der Waals surface area contributed by atoms with E-state index in [4.69, 9.17) is 4.74 Å². The van der Waals surface area contributed by atoms with Gasteiger partial charge in [0, 0.05) is 11.2 Å². The summed E-state index contributed by atoms with van der Waals surface area (Å²) in [5.41, 5.74) is 0. The molecule has 0 radical (unpaired) electrons. The minimum Gasteiger partial charge on any atom is -0.466 e. The molecule has 11 heavy (non-hydrogen) atoms. The second-order valence-corrected chi connectivity index (χ2v) is 3.64. The Balaban J connectivity index is 3.30. The number of carbonyl (C=O) groups is 1. The molecule has 0 saturated carbocycles. The summed E-state index contributed by atoms with van der Waals surface area (Å²) >= 11 is 3.45. The van der Waals surface area contributed by atoms with E-state index in [0.29, 0.717) is 17.9 Å². The van der Waals surface area contributed by atoms with Crippen molar-refractivity contribution < 1.29 is 9.53 Å². The maximum absolute atomic E-state index is 10.8. The molecule has 0 amide bonds. The zero-order valence-corrected chi connectivity index (χ0v) is 8.69. The third-order valence-corrected chi connectivity index (χ3v) is 2.52. The van der Waals surface area contributed by atoms with Crippen LogP contribution in [0.2, 0.25) is 0 Å². The van der Waals surface area contributed by atoms with Crippen LogP contribution in [-0.4, -0.2) is 17.4 Å². The largest absolute Gasteiger partial charge is 0.466 e. The van der Waals surface area contributed by atoms with Crippen LogP contribution in [0.1, 0.15) is 33.1 Å². The molecule has 0 aromatic heterocycles. The third kappa shape index (κ3) is 6.35. The Kier molecular flexibility index (Phi) is 6.62. The van der Waals surface area contributed by atoms with Crippen LogP contribution in [0, 0.1) is 0 Å². The van der Waals surface area contributed by atoms with Crippen molar-refractivity contribution in [3.63, 3.8) is 0 Å². The summed E-state index contributed by atoms with van der Waals surface area (Å²) in [7, 11) is 0. The average Bonchev–Trinajstić information content (AvgIpc) is 2.01. The van der Waals surface area contributed by atoms with Crippen molar-refractivity contribution in [3.8, 4) is 0 Å². The van der Waals surface area contributed by atoms with E-state index in [1.165, 1.54) is 0 Å². The Hall–Kier alpha value is -0.0500. The molecule has 0 aromatic carbocycles. The monoisotopic (exact) mass is 222 g/mol. The first-order valence-corrected chi connectivity index (χ1v) is 4.92. The summed E-state index contributed by atoms with van der Waals surface area (Å²) in [4.78, 5) is 11.3. The van der Waals surface area contributed by atoms with Gasteiger partial charge >= 0.3 is 5.97 Å². The van der Waals surface area contributed by atoms with Crippen LogP contribution >= 0.6 is 15.9 Å². The summed E-state index contributed by atoms with van der Waals surface area (Å²) in [6.07, 6.45) is 2.45. The molecule has 0 aliphatic carbocycles. The Labute approximate surface area is 76.4 Å². The fourth-order valence-electron chi connectivity index (χ4n) is 0.712. The second kappa shape index (κ2) is 6.65. The summed E-state index contributed by atoms with van der Waals surface area (Å²) in [5, 5.41) is 0. The van der Waals surface area contributed by atoms with Crippen molar-refractivity contribution in [1.82, 2.24) is 0 Å². The van der Waals surface area contributed by atoms with E-state index in [0.717, 1.165) is 12.8 Å². The second-order valence-electron chi connectivity index (χ2n) is 2.35. The lowest BCUT2D eigenvalue weighted by atomic mass is 10.2. The highest BCUT2D eigenvalue weighted by molar-refractivity contribution is 9.09. The van der Waals surface area contributed by atoms with Crippen LogP contribution in [0.25, 0.3) is 0 Å². The van der Waals surface area contributed by atoms with Gasteiger partial charge in [0.25, 0.3) is 0 Å². The average molecular weight is 223 g/mol. The number of alkyl halides is 1. The number of hydrogen-bond donors (Lipinski definition) is 0. The van der Waals surface area contributed by atoms with Crippen molar-refractivity contribution in [2.75, 3.05) is 6.61 Å². The van der Waals surface area contributed by atoms with Crippen LogP contribution < -0.4 is 0 Å². The molecule has 0 spiro atoms. The van der Waals surface area contributed by atoms with Crippen LogP contribution in [0.5, 0.6) is 0 Å². The van der Waals surface area contributed by atoms with Crippen LogP contribution in [0.15, 0.2) is 0 Å². The molecule has 1 atom stereocenters. The number of hydrogen-bond acceptors (Lipinski definition) is 2. The maximum atomic E-state index is 10.8. The number of ether oxygens (including phenoxy) is 1. The van der Waals surface area contributed by atoms with E-state index in [1.54, 1.807) is 0 Å². The van der Waals surface area contributed by atoms with E-state index in [-0.39, 0.29) is 5.97 Å². The highest BCUT2D eigenvalue weighted by atomic mass is 79.9. The standard InChI is InChI=1S/C8H15BrO2/c1-3-7(9)5-6-8(10)11-4-2/h7H,3-6H2,1-2H3. The minimum atomic E-state index is -0.0922. The van der Waals surface area contributed by atoms with E-state index >= 15 is 0 Å². The van der Waals surface area contributed by atoms with E-state index in [1.807, 2.05) is 6.92 Å². The molecule has 0 bridgehead atoms. The fraction of sp³-hybridized carbons (Fsp3) is 0.875. The summed E-state index contributed by atoms with van der Waals surface area (Å²) < 4.78 is 4.78. The zero-order chi connectivity index (χ0) is 8.69. The van der Waals surface area contributed by atoms with Crippen molar-refractivity contribution in [2.45, 2.75) is 37.9 Å². The maximum Gasteiger partial charge on any atom is 0.305 e. The smallest absolute Gasteiger partial charge is 0.305 e. The molecule has 0 rings (SSSR count). The lowest BCUT2D eigenvalue weighted by Crippen LogP contribution is -2.06. The third-order valence-electron chi connectivity index (χ3n) is 1.41. The number of carbonyl (C=O) groups excluding carboxylic acids is 1. The van der Waals surface area contributed by atoms with Gasteiger partial charge in [-0.05, 0) is 19.8 Å². The predicted molar refractivity (Wildman–Crippen MR) is 48.9 cm³/mol. The number of esters is 1. The lowest BCUT2D eigenvalue weighted by Gasteiger charge is -2.05. The van der Waals surface area contributed by atoms with Crippen LogP contribution in [0.3, 0.4) is 0 Å².